The van der Waals surface area contributed by atoms with E-state index in [1.165, 1.54) is 70.6 Å². The van der Waals surface area contributed by atoms with Gasteiger partial charge >= 0.3 is 5.97 Å². The fraction of sp³-hybridized carbons (Fsp3) is 0.909. The Morgan fingerprint density at radius 1 is 0.585 bits per heavy atom. The number of carbonyl (C=O) groups is 1. The number of carbonyl (C=O) groups excluding carboxylic acids is 1. The molecule has 2 saturated heterocycles. The van der Waals surface area contributed by atoms with Crippen LogP contribution >= 0.6 is 0 Å². The van der Waals surface area contributed by atoms with Crippen molar-refractivity contribution in [1.29, 1.82) is 0 Å². The molecule has 65 heavy (non-hydrogen) atoms. The first-order chi connectivity index (χ1) is 30.2. The van der Waals surface area contributed by atoms with Gasteiger partial charge in [-0.05, 0) is 132 Å². The van der Waals surface area contributed by atoms with Crippen molar-refractivity contribution in [1.82, 2.24) is 0 Å². The molecule has 0 spiro atoms. The molecule has 0 aromatic rings. The lowest BCUT2D eigenvalue weighted by Crippen LogP contribution is -2.47. The summed E-state index contributed by atoms with van der Waals surface area (Å²) in [6, 6.07) is 0. The van der Waals surface area contributed by atoms with Crippen LogP contribution in [0.1, 0.15) is 217 Å². The standard InChI is InChI=1S/C55H106O7Si3/c1-18-19-20-21-22-26-29-32-35-50(61-64(14,15)54(6,7)8)48-39-37-46(58-48)47-38-40-49(59-47)51(62-65(16,17)55(9,10)11)36-33-30-27-24-23-25-28-31-34-45(60-63(12,13)53(3,4)5)42-44-41-43(2)57-52(44)56/h27,30,41,43,45-51H,18-26,28-29,31-40,42H2,1-17H3/b30-27+/t43-,45+,46-,47-,48-,49+,50+,51+/m0/s1. The van der Waals surface area contributed by atoms with E-state index in [9.17, 15) is 4.79 Å². The van der Waals surface area contributed by atoms with Crippen LogP contribution in [-0.2, 0) is 32.3 Å². The van der Waals surface area contributed by atoms with E-state index in [4.69, 9.17) is 27.5 Å². The van der Waals surface area contributed by atoms with Crippen molar-refractivity contribution in [2.75, 3.05) is 0 Å². The van der Waals surface area contributed by atoms with Gasteiger partial charge in [0.25, 0.3) is 0 Å². The number of hydrogen-bond acceptors (Lipinski definition) is 7. The Bertz CT molecular complexity index is 1440. The zero-order valence-electron chi connectivity index (χ0n) is 45.8. The second kappa shape index (κ2) is 26.6. The van der Waals surface area contributed by atoms with Gasteiger partial charge < -0.3 is 27.5 Å². The second-order valence-electron chi connectivity index (χ2n) is 25.2. The summed E-state index contributed by atoms with van der Waals surface area (Å²) < 4.78 is 40.7. The van der Waals surface area contributed by atoms with Gasteiger partial charge in [0.1, 0.15) is 6.10 Å². The number of ether oxygens (including phenoxy) is 3. The largest absolute Gasteiger partial charge is 0.455 e. The molecule has 3 heterocycles. The van der Waals surface area contributed by atoms with Gasteiger partial charge in [0.2, 0.25) is 0 Å². The summed E-state index contributed by atoms with van der Waals surface area (Å²) in [5, 5.41) is 0.450. The Hall–Kier alpha value is -0.599. The molecule has 0 unspecified atom stereocenters. The van der Waals surface area contributed by atoms with Gasteiger partial charge in [-0.3, -0.25) is 0 Å². The van der Waals surface area contributed by atoms with Gasteiger partial charge in [-0.1, -0.05) is 152 Å². The summed E-state index contributed by atoms with van der Waals surface area (Å²) in [6.45, 7) is 39.5. The van der Waals surface area contributed by atoms with Crippen LogP contribution in [0, 0.1) is 0 Å². The molecule has 0 aromatic carbocycles. The molecule has 3 aliphatic rings. The van der Waals surface area contributed by atoms with Crippen molar-refractivity contribution >= 4 is 30.9 Å². The smallest absolute Gasteiger partial charge is 0.334 e. The number of esters is 1. The van der Waals surface area contributed by atoms with Crippen LogP contribution in [0.3, 0.4) is 0 Å². The molecular weight excluding hydrogens is 857 g/mol. The molecule has 10 heteroatoms. The fourth-order valence-corrected chi connectivity index (χ4v) is 13.2. The molecule has 0 radical (unpaired) electrons. The Morgan fingerprint density at radius 2 is 1.02 bits per heavy atom. The van der Waals surface area contributed by atoms with Crippen molar-refractivity contribution < 1.29 is 32.3 Å². The average Bonchev–Trinajstić information content (AvgIpc) is 3.94. The molecule has 8 atom stereocenters. The van der Waals surface area contributed by atoms with Gasteiger partial charge in [0.15, 0.2) is 25.0 Å². The maximum Gasteiger partial charge on any atom is 0.334 e. The van der Waals surface area contributed by atoms with Crippen LogP contribution in [0.4, 0.5) is 0 Å². The molecular formula is C55H106O7Si3. The maximum absolute atomic E-state index is 12.5. The Balaban J connectivity index is 1.52. The highest BCUT2D eigenvalue weighted by molar-refractivity contribution is 6.75. The highest BCUT2D eigenvalue weighted by Gasteiger charge is 2.47. The monoisotopic (exact) mass is 963 g/mol. The van der Waals surface area contributed by atoms with E-state index in [2.05, 4.69) is 121 Å². The summed E-state index contributed by atoms with van der Waals surface area (Å²) >= 11 is 0. The summed E-state index contributed by atoms with van der Waals surface area (Å²) in [7, 11) is -5.91. The van der Waals surface area contributed by atoms with Crippen molar-refractivity contribution in [3.8, 4) is 0 Å². The molecule has 2 fully saturated rings. The number of cyclic esters (lactones) is 1. The first-order valence-corrected chi connectivity index (χ1v) is 35.8. The van der Waals surface area contributed by atoms with Crippen molar-refractivity contribution in [2.24, 2.45) is 0 Å². The molecule has 3 rings (SSSR count). The minimum absolute atomic E-state index is 0.0665. The summed E-state index contributed by atoms with van der Waals surface area (Å²) in [4.78, 5) is 12.5. The van der Waals surface area contributed by atoms with Gasteiger partial charge in [-0.15, -0.1) is 0 Å². The van der Waals surface area contributed by atoms with E-state index in [1.54, 1.807) is 0 Å². The van der Waals surface area contributed by atoms with Gasteiger partial charge in [-0.2, -0.15) is 0 Å². The molecule has 0 amide bonds. The van der Waals surface area contributed by atoms with Crippen LogP contribution in [0.2, 0.25) is 54.4 Å². The molecule has 0 bridgehead atoms. The lowest BCUT2D eigenvalue weighted by molar-refractivity contribution is -0.139. The number of rotatable bonds is 30. The van der Waals surface area contributed by atoms with E-state index in [0.29, 0.717) is 6.42 Å². The molecule has 0 saturated carbocycles. The van der Waals surface area contributed by atoms with Gasteiger partial charge in [-0.25, -0.2) is 4.79 Å². The van der Waals surface area contributed by atoms with Crippen molar-refractivity contribution in [3.05, 3.63) is 23.8 Å². The summed E-state index contributed by atoms with van der Waals surface area (Å²) in [6.07, 6.45) is 33.0. The zero-order chi connectivity index (χ0) is 48.7. The highest BCUT2D eigenvalue weighted by atomic mass is 28.4. The van der Waals surface area contributed by atoms with Gasteiger partial charge in [0.05, 0.1) is 36.6 Å². The van der Waals surface area contributed by atoms with Crippen LogP contribution in [-0.4, -0.2) is 79.8 Å². The van der Waals surface area contributed by atoms with Crippen LogP contribution in [0.15, 0.2) is 23.8 Å². The van der Waals surface area contributed by atoms with E-state index >= 15 is 0 Å². The van der Waals surface area contributed by atoms with E-state index in [0.717, 1.165) is 69.8 Å². The van der Waals surface area contributed by atoms with Crippen LogP contribution in [0.5, 0.6) is 0 Å². The molecule has 380 valence electrons. The fourth-order valence-electron chi connectivity index (χ4n) is 9.01. The average molecular weight is 964 g/mol. The Kier molecular flexibility index (Phi) is 24.0. The lowest BCUT2D eigenvalue weighted by atomic mass is 10.0. The molecule has 7 nitrogen and oxygen atoms in total. The number of hydrogen-bond donors (Lipinski definition) is 0. The minimum atomic E-state index is -2.00. The van der Waals surface area contributed by atoms with E-state index in [-0.39, 0.29) is 69.9 Å². The molecule has 0 N–H and O–H groups in total. The van der Waals surface area contributed by atoms with Crippen LogP contribution in [0.25, 0.3) is 0 Å². The third kappa shape index (κ3) is 19.6. The summed E-state index contributed by atoms with van der Waals surface area (Å²) in [5.41, 5.74) is 0.791. The normalized spacial score (nSPS) is 24.2. The lowest BCUT2D eigenvalue weighted by Gasteiger charge is -2.41. The predicted octanol–water partition coefficient (Wildman–Crippen LogP) is 16.7. The first-order valence-electron chi connectivity index (χ1n) is 27.1. The maximum atomic E-state index is 12.5. The second-order valence-corrected chi connectivity index (χ2v) is 39.5. The SMILES string of the molecule is CCCCCCCCCC[C@@H](O[Si](C)(C)C(C)(C)C)[C@@H]1CC[C@@H]([C@@H]2CC[C@H]([C@@H](CC/C=C/CCCCCC[C@H](CC3=C[C@H](C)OC3=O)O[Si](C)(C)C(C)(C)C)O[Si](C)(C)C(C)(C)C)O2)O1. The first kappa shape index (κ1) is 58.7. The Labute approximate surface area is 405 Å². The third-order valence-electron chi connectivity index (χ3n) is 16.4. The van der Waals surface area contributed by atoms with E-state index in [1.807, 2.05) is 13.0 Å². The highest BCUT2D eigenvalue weighted by Crippen LogP contribution is 2.43. The predicted molar refractivity (Wildman–Crippen MR) is 284 cm³/mol. The van der Waals surface area contributed by atoms with Crippen LogP contribution < -0.4 is 0 Å². The topological polar surface area (TPSA) is 72.5 Å². The van der Waals surface area contributed by atoms with Crippen molar-refractivity contribution in [3.63, 3.8) is 0 Å². The number of unbranched alkanes of at least 4 members (excludes halogenated alkanes) is 11. The molecule has 3 aliphatic heterocycles. The van der Waals surface area contributed by atoms with Crippen molar-refractivity contribution in [2.45, 2.75) is 321 Å². The summed E-state index contributed by atoms with van der Waals surface area (Å²) in [5.74, 6) is -0.168. The number of allylic oxidation sites excluding steroid dienone is 2. The Morgan fingerprint density at radius 3 is 1.49 bits per heavy atom. The molecule has 0 aliphatic carbocycles. The van der Waals surface area contributed by atoms with E-state index < -0.39 is 25.0 Å². The van der Waals surface area contributed by atoms with Gasteiger partial charge in [0, 0.05) is 18.1 Å². The third-order valence-corrected chi connectivity index (χ3v) is 29.9. The zero-order valence-corrected chi connectivity index (χ0v) is 48.8. The minimum Gasteiger partial charge on any atom is -0.455 e. The quantitative estimate of drug-likeness (QED) is 0.0307. The molecule has 0 aromatic heterocycles.